The Morgan fingerprint density at radius 1 is 0.762 bits per heavy atom. The van der Waals surface area contributed by atoms with Crippen LogP contribution >= 0.6 is 0 Å². The van der Waals surface area contributed by atoms with Crippen molar-refractivity contribution in [1.82, 2.24) is 0 Å². The Labute approximate surface area is 132 Å². The van der Waals surface area contributed by atoms with Crippen molar-refractivity contribution in [3.63, 3.8) is 0 Å². The second kappa shape index (κ2) is 17.5. The van der Waals surface area contributed by atoms with Gasteiger partial charge in [-0.1, -0.05) is 77.1 Å². The third kappa shape index (κ3) is 17.4. The predicted octanol–water partition coefficient (Wildman–Crippen LogP) is 4.82. The highest BCUT2D eigenvalue weighted by Crippen LogP contribution is 2.11. The molecule has 124 valence electrons. The maximum Gasteiger partial charge on any atom is 0.114 e. The summed E-state index contributed by atoms with van der Waals surface area (Å²) in [5, 5.41) is 18.2. The number of unbranched alkanes of at least 4 members (excludes halogenated alkanes) is 11. The van der Waals surface area contributed by atoms with Gasteiger partial charge < -0.3 is 10.2 Å². The Morgan fingerprint density at radius 2 is 1.29 bits per heavy atom. The second-order valence-corrected chi connectivity index (χ2v) is 5.99. The maximum absolute atomic E-state index is 9.57. The van der Waals surface area contributed by atoms with E-state index in [1.165, 1.54) is 57.8 Å². The topological polar surface area (TPSA) is 40.5 Å². The Kier molecular flexibility index (Phi) is 17.1. The summed E-state index contributed by atoms with van der Waals surface area (Å²) in [6.07, 6.45) is 16.1. The van der Waals surface area contributed by atoms with E-state index in [4.69, 9.17) is 5.11 Å². The number of rotatable bonds is 14. The molecule has 0 aromatic carbocycles. The smallest absolute Gasteiger partial charge is 0.114 e. The van der Waals surface area contributed by atoms with Crippen molar-refractivity contribution in [2.24, 2.45) is 0 Å². The van der Waals surface area contributed by atoms with Crippen molar-refractivity contribution in [3.8, 4) is 11.8 Å². The van der Waals surface area contributed by atoms with Gasteiger partial charge in [-0.2, -0.15) is 0 Å². The molecular weight excluding hydrogens is 260 g/mol. The third-order valence-electron chi connectivity index (χ3n) is 3.81. The van der Waals surface area contributed by atoms with Gasteiger partial charge in [0.1, 0.15) is 6.10 Å². The molecule has 2 N–H and O–H groups in total. The van der Waals surface area contributed by atoms with Gasteiger partial charge in [-0.15, -0.1) is 5.92 Å². The second-order valence-electron chi connectivity index (χ2n) is 5.99. The highest BCUT2D eigenvalue weighted by Gasteiger charge is 1.96. The molecule has 0 aromatic rings. The number of hydrogen-bond donors (Lipinski definition) is 2. The van der Waals surface area contributed by atoms with Gasteiger partial charge in [0.05, 0.1) is 0 Å². The minimum Gasteiger partial charge on any atom is -0.396 e. The van der Waals surface area contributed by atoms with E-state index in [9.17, 15) is 5.11 Å². The Balaban J connectivity index is 3.17. The molecule has 2 heteroatoms. The first-order valence-corrected chi connectivity index (χ1v) is 9.08. The number of aliphatic hydroxyl groups excluding tert-OH is 2. The van der Waals surface area contributed by atoms with Crippen LogP contribution < -0.4 is 0 Å². The fourth-order valence-corrected chi connectivity index (χ4v) is 2.40. The van der Waals surface area contributed by atoms with E-state index in [2.05, 4.69) is 18.8 Å². The molecule has 2 nitrogen and oxygen atoms in total. The van der Waals surface area contributed by atoms with Gasteiger partial charge in [0.15, 0.2) is 0 Å². The normalized spacial score (nSPS) is 12.0. The van der Waals surface area contributed by atoms with Gasteiger partial charge in [0.2, 0.25) is 0 Å². The van der Waals surface area contributed by atoms with Crippen LogP contribution in [-0.4, -0.2) is 22.9 Å². The van der Waals surface area contributed by atoms with Crippen LogP contribution in [0.5, 0.6) is 0 Å². The van der Waals surface area contributed by atoms with Gasteiger partial charge in [-0.25, -0.2) is 0 Å². The van der Waals surface area contributed by atoms with E-state index < -0.39 is 6.10 Å². The molecule has 0 saturated heterocycles. The maximum atomic E-state index is 9.57. The van der Waals surface area contributed by atoms with Crippen molar-refractivity contribution in [2.45, 2.75) is 103 Å². The molecule has 1 atom stereocenters. The quantitative estimate of drug-likeness (QED) is 0.356. The molecule has 0 aliphatic carbocycles. The van der Waals surface area contributed by atoms with Crippen molar-refractivity contribution in [1.29, 1.82) is 0 Å². The van der Waals surface area contributed by atoms with Crippen molar-refractivity contribution in [3.05, 3.63) is 0 Å². The van der Waals surface area contributed by atoms with Gasteiger partial charge in [0, 0.05) is 13.0 Å². The average Bonchev–Trinajstić information content (AvgIpc) is 2.49. The molecule has 0 spiro atoms. The van der Waals surface area contributed by atoms with Gasteiger partial charge in [0.25, 0.3) is 0 Å². The summed E-state index contributed by atoms with van der Waals surface area (Å²) in [5.41, 5.74) is 0. The van der Waals surface area contributed by atoms with Gasteiger partial charge in [-0.3, -0.25) is 0 Å². The highest BCUT2D eigenvalue weighted by atomic mass is 16.3. The minimum atomic E-state index is -0.407. The van der Waals surface area contributed by atoms with E-state index in [1.807, 2.05) is 0 Å². The Morgan fingerprint density at radius 3 is 1.81 bits per heavy atom. The van der Waals surface area contributed by atoms with Gasteiger partial charge in [-0.05, 0) is 19.3 Å². The van der Waals surface area contributed by atoms with Crippen LogP contribution in [0.1, 0.15) is 96.8 Å². The van der Waals surface area contributed by atoms with Crippen molar-refractivity contribution < 1.29 is 10.2 Å². The van der Waals surface area contributed by atoms with Crippen LogP contribution in [0.4, 0.5) is 0 Å². The van der Waals surface area contributed by atoms with Crippen LogP contribution in [-0.2, 0) is 0 Å². The summed E-state index contributed by atoms with van der Waals surface area (Å²) in [7, 11) is 0. The van der Waals surface area contributed by atoms with E-state index in [1.54, 1.807) is 0 Å². The Hall–Kier alpha value is -0.520. The lowest BCUT2D eigenvalue weighted by Crippen LogP contribution is -2.01. The first-order chi connectivity index (χ1) is 10.3. The number of hydrogen-bond acceptors (Lipinski definition) is 2. The summed E-state index contributed by atoms with van der Waals surface area (Å²) < 4.78 is 0. The zero-order chi connectivity index (χ0) is 15.6. The Bertz CT molecular complexity index is 252. The van der Waals surface area contributed by atoms with Crippen LogP contribution in [0.15, 0.2) is 0 Å². The molecule has 0 aliphatic heterocycles. The van der Waals surface area contributed by atoms with Crippen LogP contribution in [0, 0.1) is 11.8 Å². The zero-order valence-corrected chi connectivity index (χ0v) is 14.1. The largest absolute Gasteiger partial charge is 0.396 e. The van der Waals surface area contributed by atoms with Gasteiger partial charge >= 0.3 is 0 Å². The predicted molar refractivity (Wildman–Crippen MR) is 91.2 cm³/mol. The number of aliphatic hydroxyl groups is 2. The van der Waals surface area contributed by atoms with Crippen molar-refractivity contribution >= 4 is 0 Å². The van der Waals surface area contributed by atoms with Crippen LogP contribution in [0.3, 0.4) is 0 Å². The summed E-state index contributed by atoms with van der Waals surface area (Å²) in [5.74, 6) is 6.05. The van der Waals surface area contributed by atoms with E-state index >= 15 is 0 Å². The molecule has 0 aliphatic rings. The summed E-state index contributed by atoms with van der Waals surface area (Å²) in [4.78, 5) is 0. The molecule has 0 bridgehead atoms. The molecule has 0 rings (SSSR count). The fourth-order valence-electron chi connectivity index (χ4n) is 2.40. The van der Waals surface area contributed by atoms with Crippen LogP contribution in [0.2, 0.25) is 0 Å². The van der Waals surface area contributed by atoms with Crippen molar-refractivity contribution in [2.75, 3.05) is 6.61 Å². The monoisotopic (exact) mass is 296 g/mol. The first-order valence-electron chi connectivity index (χ1n) is 9.08. The summed E-state index contributed by atoms with van der Waals surface area (Å²) >= 11 is 0. The first kappa shape index (κ1) is 20.5. The third-order valence-corrected chi connectivity index (χ3v) is 3.81. The summed E-state index contributed by atoms with van der Waals surface area (Å²) in [6, 6.07) is 0. The molecule has 0 radical (unpaired) electrons. The van der Waals surface area contributed by atoms with E-state index in [-0.39, 0.29) is 0 Å². The molecule has 0 heterocycles. The van der Waals surface area contributed by atoms with E-state index in [0.717, 1.165) is 32.1 Å². The summed E-state index contributed by atoms with van der Waals surface area (Å²) in [6.45, 7) is 2.48. The molecule has 21 heavy (non-hydrogen) atoms. The SMILES string of the molecule is CCCC[C@@H](O)C#CCCCCCCCCCCCCO. The lowest BCUT2D eigenvalue weighted by atomic mass is 10.1. The standard InChI is InChI=1S/C19H36O2/c1-2-3-16-19(21)17-14-12-10-8-6-4-5-7-9-11-13-15-18-20/h19-21H,2-13,15-16,18H2,1H3/t19-/m1/s1. The fraction of sp³-hybridized carbons (Fsp3) is 0.895. The van der Waals surface area contributed by atoms with Crippen LogP contribution in [0.25, 0.3) is 0 Å². The molecule has 0 unspecified atom stereocenters. The lowest BCUT2D eigenvalue weighted by Gasteiger charge is -2.01. The zero-order valence-electron chi connectivity index (χ0n) is 14.1. The molecule has 0 saturated carbocycles. The lowest BCUT2D eigenvalue weighted by molar-refractivity contribution is 0.218. The molecular formula is C19H36O2. The molecule has 0 fully saturated rings. The minimum absolute atomic E-state index is 0.346. The highest BCUT2D eigenvalue weighted by molar-refractivity contribution is 5.04. The van der Waals surface area contributed by atoms with E-state index in [0.29, 0.717) is 6.61 Å². The molecule has 0 amide bonds. The molecule has 0 aromatic heterocycles. The average molecular weight is 296 g/mol.